The number of carbonyl (C=O) groups excluding carboxylic acids is 1. The smallest absolute Gasteiger partial charge is 0.265 e. The van der Waals surface area contributed by atoms with Crippen molar-refractivity contribution in [3.05, 3.63) is 47.5 Å². The Morgan fingerprint density at radius 2 is 2.06 bits per heavy atom. The fourth-order valence-electron chi connectivity index (χ4n) is 3.40. The van der Waals surface area contributed by atoms with Crippen molar-refractivity contribution in [2.24, 2.45) is 7.05 Å². The van der Waals surface area contributed by atoms with Gasteiger partial charge < -0.3 is 15.2 Å². The van der Waals surface area contributed by atoms with Gasteiger partial charge >= 0.3 is 0 Å². The van der Waals surface area contributed by atoms with E-state index in [-0.39, 0.29) is 29.7 Å². The third-order valence-corrected chi connectivity index (χ3v) is 5.06. The maximum atomic E-state index is 13.9. The van der Waals surface area contributed by atoms with Crippen LogP contribution in [0.1, 0.15) is 24.3 Å². The van der Waals surface area contributed by atoms with Crippen LogP contribution in [0, 0.1) is 17.1 Å². The molecule has 1 aliphatic rings. The number of pyridine rings is 1. The zero-order chi connectivity index (χ0) is 22.3. The molecule has 1 amide bonds. The zero-order valence-corrected chi connectivity index (χ0v) is 17.1. The normalized spacial score (nSPS) is 15.9. The molecule has 0 aliphatic carbocycles. The lowest BCUT2D eigenvalue weighted by molar-refractivity contribution is -0.120. The Balaban J connectivity index is 1.94. The molecule has 31 heavy (non-hydrogen) atoms. The fourth-order valence-corrected chi connectivity index (χ4v) is 3.40. The van der Waals surface area contributed by atoms with Gasteiger partial charge in [0.25, 0.3) is 5.91 Å². The molecular formula is C21H19FN6O3. The Bertz CT molecular complexity index is 1230. The van der Waals surface area contributed by atoms with E-state index in [0.29, 0.717) is 22.4 Å². The van der Waals surface area contributed by atoms with Crippen LogP contribution in [0.4, 0.5) is 16.0 Å². The molecule has 2 N–H and O–H groups in total. The Morgan fingerprint density at radius 1 is 1.29 bits per heavy atom. The SMILES string of the molecule is C[C@H]1Oc2cc(cnc2N)-c2c(nn(C)c2C#N)N(C)C(=O)COc2ccc(F)cc21. The molecule has 0 unspecified atom stereocenters. The Hall–Kier alpha value is -4.13. The predicted molar refractivity (Wildman–Crippen MR) is 110 cm³/mol. The molecule has 4 rings (SSSR count). The predicted octanol–water partition coefficient (Wildman–Crippen LogP) is 2.57. The lowest BCUT2D eigenvalue weighted by Crippen LogP contribution is -2.32. The van der Waals surface area contributed by atoms with Crippen LogP contribution in [0.3, 0.4) is 0 Å². The molecule has 0 spiro atoms. The minimum atomic E-state index is -0.664. The first-order chi connectivity index (χ1) is 14.8. The molecule has 10 heteroatoms. The lowest BCUT2D eigenvalue weighted by Gasteiger charge is -2.20. The first kappa shape index (κ1) is 20.2. The number of anilines is 2. The number of aromatic nitrogens is 3. The van der Waals surface area contributed by atoms with E-state index < -0.39 is 17.8 Å². The van der Waals surface area contributed by atoms with Gasteiger partial charge in [-0.3, -0.25) is 14.4 Å². The van der Waals surface area contributed by atoms with Crippen molar-refractivity contribution in [3.63, 3.8) is 0 Å². The van der Waals surface area contributed by atoms with E-state index in [0.717, 1.165) is 0 Å². The van der Waals surface area contributed by atoms with Crippen molar-refractivity contribution in [2.75, 3.05) is 24.3 Å². The van der Waals surface area contributed by atoms with Gasteiger partial charge in [-0.2, -0.15) is 10.4 Å². The zero-order valence-electron chi connectivity index (χ0n) is 17.1. The van der Waals surface area contributed by atoms with Crippen molar-refractivity contribution in [1.82, 2.24) is 14.8 Å². The number of carbonyl (C=O) groups is 1. The van der Waals surface area contributed by atoms with Gasteiger partial charge in [0.15, 0.2) is 24.0 Å². The summed E-state index contributed by atoms with van der Waals surface area (Å²) in [4.78, 5) is 18.3. The third kappa shape index (κ3) is 3.50. The highest BCUT2D eigenvalue weighted by molar-refractivity contribution is 5.98. The number of aryl methyl sites for hydroxylation is 1. The number of nitrogens with zero attached hydrogens (tertiary/aromatic N) is 5. The first-order valence-electron chi connectivity index (χ1n) is 9.38. The number of nitrogen functional groups attached to an aromatic ring is 1. The highest BCUT2D eigenvalue weighted by Crippen LogP contribution is 2.38. The van der Waals surface area contributed by atoms with Crippen LogP contribution in [-0.2, 0) is 11.8 Å². The van der Waals surface area contributed by atoms with Crippen molar-refractivity contribution < 1.29 is 18.7 Å². The Labute approximate surface area is 177 Å². The van der Waals surface area contributed by atoms with Crippen molar-refractivity contribution >= 4 is 17.5 Å². The van der Waals surface area contributed by atoms with Crippen molar-refractivity contribution in [3.8, 4) is 28.7 Å². The molecule has 3 heterocycles. The average molecular weight is 422 g/mol. The topological polar surface area (TPSA) is 119 Å². The molecule has 1 aliphatic heterocycles. The number of nitriles is 1. The van der Waals surface area contributed by atoms with E-state index in [2.05, 4.69) is 16.2 Å². The second-order valence-electron chi connectivity index (χ2n) is 7.07. The summed E-state index contributed by atoms with van der Waals surface area (Å²) in [6.07, 6.45) is 0.818. The average Bonchev–Trinajstić information content (AvgIpc) is 3.09. The molecule has 1 atom stereocenters. The summed E-state index contributed by atoms with van der Waals surface area (Å²) in [5.41, 5.74) is 7.57. The van der Waals surface area contributed by atoms with E-state index >= 15 is 0 Å². The number of amides is 1. The number of nitrogens with two attached hydrogens (primary N) is 1. The summed E-state index contributed by atoms with van der Waals surface area (Å²) in [5.74, 6) is 0.0508. The number of hydrogen-bond acceptors (Lipinski definition) is 7. The molecule has 9 nitrogen and oxygen atoms in total. The quantitative estimate of drug-likeness (QED) is 0.591. The number of ether oxygens (including phenoxy) is 2. The maximum absolute atomic E-state index is 13.9. The number of fused-ring (bicyclic) bond motifs is 5. The Kier molecular flexibility index (Phi) is 4.94. The Morgan fingerprint density at radius 3 is 2.81 bits per heavy atom. The molecule has 1 aromatic carbocycles. The molecule has 0 saturated heterocycles. The molecule has 3 aromatic rings. The third-order valence-electron chi connectivity index (χ3n) is 5.06. The summed E-state index contributed by atoms with van der Waals surface area (Å²) in [5, 5.41) is 14.0. The summed E-state index contributed by atoms with van der Waals surface area (Å²) in [6, 6.07) is 7.69. The summed E-state index contributed by atoms with van der Waals surface area (Å²) in [7, 11) is 3.15. The molecule has 2 aromatic heterocycles. The second-order valence-corrected chi connectivity index (χ2v) is 7.07. The molecule has 0 fully saturated rings. The van der Waals surface area contributed by atoms with E-state index in [1.165, 1.54) is 41.0 Å². The monoisotopic (exact) mass is 422 g/mol. The van der Waals surface area contributed by atoms with Gasteiger partial charge in [-0.25, -0.2) is 9.37 Å². The van der Waals surface area contributed by atoms with Gasteiger partial charge in [0.1, 0.15) is 29.4 Å². The largest absolute Gasteiger partial charge is 0.483 e. The summed E-state index contributed by atoms with van der Waals surface area (Å²) < 4.78 is 27.0. The number of likely N-dealkylation sites (N-methyl/N-ethyl adjacent to an activating group) is 1. The number of hydrogen-bond donors (Lipinski definition) is 1. The van der Waals surface area contributed by atoms with Crippen LogP contribution in [0.15, 0.2) is 30.5 Å². The molecule has 0 saturated carbocycles. The van der Waals surface area contributed by atoms with Gasteiger partial charge in [-0.15, -0.1) is 0 Å². The van der Waals surface area contributed by atoms with Gasteiger partial charge in [0, 0.05) is 31.4 Å². The van der Waals surface area contributed by atoms with Gasteiger partial charge in [-0.1, -0.05) is 0 Å². The van der Waals surface area contributed by atoms with E-state index in [1.54, 1.807) is 20.0 Å². The van der Waals surface area contributed by atoms with Crippen LogP contribution >= 0.6 is 0 Å². The van der Waals surface area contributed by atoms with Gasteiger partial charge in [-0.05, 0) is 31.2 Å². The minimum Gasteiger partial charge on any atom is -0.483 e. The molecular weight excluding hydrogens is 403 g/mol. The summed E-state index contributed by atoms with van der Waals surface area (Å²) in [6.45, 7) is 1.38. The van der Waals surface area contributed by atoms with Crippen LogP contribution in [0.25, 0.3) is 11.1 Å². The van der Waals surface area contributed by atoms with E-state index in [1.807, 2.05) is 0 Å². The molecule has 2 bridgehead atoms. The number of halogens is 1. The lowest BCUT2D eigenvalue weighted by atomic mass is 10.1. The van der Waals surface area contributed by atoms with Crippen molar-refractivity contribution in [2.45, 2.75) is 13.0 Å². The van der Waals surface area contributed by atoms with Crippen LogP contribution in [0.5, 0.6) is 11.5 Å². The standard InChI is InChI=1S/C21H19FN6O3/c1-11-14-7-13(22)4-5-16(14)30-10-18(29)27(2)21-19(15(8-23)28(3)26-21)12-6-17(31-11)20(24)25-9-12/h4-7,9,11H,10H2,1-3H3,(H2,24,25)/t11-/m1/s1. The summed E-state index contributed by atoms with van der Waals surface area (Å²) >= 11 is 0. The van der Waals surface area contributed by atoms with Crippen LogP contribution in [0.2, 0.25) is 0 Å². The van der Waals surface area contributed by atoms with Gasteiger partial charge in [0.05, 0.1) is 5.56 Å². The van der Waals surface area contributed by atoms with Gasteiger partial charge in [0.2, 0.25) is 0 Å². The molecule has 158 valence electrons. The number of benzene rings is 1. The number of rotatable bonds is 0. The fraction of sp³-hybridized carbons (Fsp3) is 0.238. The highest BCUT2D eigenvalue weighted by Gasteiger charge is 2.27. The van der Waals surface area contributed by atoms with Crippen LogP contribution < -0.4 is 20.1 Å². The maximum Gasteiger partial charge on any atom is 0.265 e. The minimum absolute atomic E-state index is 0.123. The second kappa shape index (κ2) is 7.60. The molecule has 0 radical (unpaired) electrons. The van der Waals surface area contributed by atoms with E-state index in [9.17, 15) is 14.4 Å². The highest BCUT2D eigenvalue weighted by atomic mass is 19.1. The van der Waals surface area contributed by atoms with Crippen molar-refractivity contribution in [1.29, 1.82) is 5.26 Å². The van der Waals surface area contributed by atoms with Crippen LogP contribution in [-0.4, -0.2) is 34.3 Å². The first-order valence-corrected chi connectivity index (χ1v) is 9.38. The van der Waals surface area contributed by atoms with E-state index in [4.69, 9.17) is 15.2 Å².